The van der Waals surface area contributed by atoms with Crippen molar-refractivity contribution in [1.82, 2.24) is 10.2 Å². The van der Waals surface area contributed by atoms with Crippen molar-refractivity contribution in [1.29, 1.82) is 0 Å². The molecule has 0 unspecified atom stereocenters. The predicted molar refractivity (Wildman–Crippen MR) is 122 cm³/mol. The molecule has 0 aromatic heterocycles. The average molecular weight is 471 g/mol. The van der Waals surface area contributed by atoms with Gasteiger partial charge in [-0.25, -0.2) is 4.39 Å². The molecule has 30 heavy (non-hydrogen) atoms. The zero-order valence-electron chi connectivity index (χ0n) is 17.1. The van der Waals surface area contributed by atoms with Crippen LogP contribution in [0.2, 0.25) is 10.0 Å². The zero-order valence-corrected chi connectivity index (χ0v) is 19.5. The Labute approximate surface area is 191 Å². The molecule has 0 heterocycles. The Morgan fingerprint density at radius 3 is 2.43 bits per heavy atom. The Balaban J connectivity index is 2.10. The van der Waals surface area contributed by atoms with E-state index in [1.54, 1.807) is 37.3 Å². The van der Waals surface area contributed by atoms with Gasteiger partial charge in [0, 0.05) is 33.9 Å². The van der Waals surface area contributed by atoms with Crippen molar-refractivity contribution >= 4 is 46.8 Å². The fourth-order valence-corrected chi connectivity index (χ4v) is 4.24. The molecule has 4 nitrogen and oxygen atoms in total. The number of rotatable bonds is 9. The summed E-state index contributed by atoms with van der Waals surface area (Å²) in [4.78, 5) is 26.9. The van der Waals surface area contributed by atoms with Crippen LogP contribution < -0.4 is 5.32 Å². The lowest BCUT2D eigenvalue weighted by Crippen LogP contribution is -2.49. The Morgan fingerprint density at radius 1 is 1.10 bits per heavy atom. The topological polar surface area (TPSA) is 49.4 Å². The van der Waals surface area contributed by atoms with Gasteiger partial charge in [-0.05, 0) is 44.5 Å². The molecule has 0 saturated heterocycles. The molecule has 0 aliphatic heterocycles. The summed E-state index contributed by atoms with van der Waals surface area (Å²) in [5.41, 5.74) is 1.23. The Morgan fingerprint density at radius 2 is 1.80 bits per heavy atom. The highest BCUT2D eigenvalue weighted by Gasteiger charge is 2.27. The maximum Gasteiger partial charge on any atom is 0.242 e. The minimum Gasteiger partial charge on any atom is -0.352 e. The molecule has 2 aromatic rings. The van der Waals surface area contributed by atoms with Crippen LogP contribution in [0.3, 0.4) is 0 Å². The van der Waals surface area contributed by atoms with Crippen LogP contribution in [0.15, 0.2) is 42.5 Å². The molecule has 2 aromatic carbocycles. The van der Waals surface area contributed by atoms with Crippen molar-refractivity contribution in [2.75, 3.05) is 5.75 Å². The maximum atomic E-state index is 14.2. The summed E-state index contributed by atoms with van der Waals surface area (Å²) in [5.74, 6) is -0.290. The van der Waals surface area contributed by atoms with Crippen LogP contribution in [-0.4, -0.2) is 34.6 Å². The molecule has 0 saturated carbocycles. The minimum absolute atomic E-state index is 0.0143. The number of halogens is 3. The summed E-state index contributed by atoms with van der Waals surface area (Å²) >= 11 is 13.5. The standard InChI is InChI=1S/C22H25Cl2FN2O2S/c1-14(2)26-22(29)15(3)27(11-16-6-4-5-7-20(16)25)21(28)13-30-12-17-8-9-18(23)10-19(17)24/h4-10,14-15H,11-13H2,1-3H3,(H,26,29)/t15-/m0/s1. The molecule has 0 aliphatic carbocycles. The van der Waals surface area contributed by atoms with E-state index in [2.05, 4.69) is 5.32 Å². The highest BCUT2D eigenvalue weighted by Crippen LogP contribution is 2.25. The van der Waals surface area contributed by atoms with Crippen molar-refractivity contribution in [3.8, 4) is 0 Å². The van der Waals surface area contributed by atoms with Gasteiger partial charge in [-0.15, -0.1) is 11.8 Å². The Kier molecular flexibility index (Phi) is 9.46. The summed E-state index contributed by atoms with van der Waals surface area (Å²) in [6, 6.07) is 10.7. The first-order valence-corrected chi connectivity index (χ1v) is 11.4. The van der Waals surface area contributed by atoms with E-state index in [4.69, 9.17) is 23.2 Å². The molecule has 2 amide bonds. The van der Waals surface area contributed by atoms with Crippen molar-refractivity contribution in [3.63, 3.8) is 0 Å². The van der Waals surface area contributed by atoms with E-state index in [1.807, 2.05) is 19.9 Å². The largest absolute Gasteiger partial charge is 0.352 e. The van der Waals surface area contributed by atoms with Crippen molar-refractivity contribution < 1.29 is 14.0 Å². The third-order valence-electron chi connectivity index (χ3n) is 4.39. The van der Waals surface area contributed by atoms with E-state index in [9.17, 15) is 14.0 Å². The number of amides is 2. The SMILES string of the molecule is CC(C)NC(=O)[C@H](C)N(Cc1ccccc1F)C(=O)CSCc1ccc(Cl)cc1Cl. The molecule has 1 N–H and O–H groups in total. The fourth-order valence-electron chi connectivity index (χ4n) is 2.77. The predicted octanol–water partition coefficient (Wildman–Crippen LogP) is 5.31. The lowest BCUT2D eigenvalue weighted by atomic mass is 10.1. The van der Waals surface area contributed by atoms with Gasteiger partial charge in [0.1, 0.15) is 11.9 Å². The summed E-state index contributed by atoms with van der Waals surface area (Å²) in [7, 11) is 0. The quantitative estimate of drug-likeness (QED) is 0.540. The van der Waals surface area contributed by atoms with Crippen LogP contribution in [-0.2, 0) is 21.9 Å². The number of hydrogen-bond donors (Lipinski definition) is 1. The van der Waals surface area contributed by atoms with Crippen LogP contribution in [0.5, 0.6) is 0 Å². The number of hydrogen-bond acceptors (Lipinski definition) is 3. The second-order valence-electron chi connectivity index (χ2n) is 7.18. The number of thioether (sulfide) groups is 1. The molecule has 0 fully saturated rings. The Hall–Kier alpha value is -1.76. The molecule has 8 heteroatoms. The van der Waals surface area contributed by atoms with Gasteiger partial charge < -0.3 is 10.2 Å². The van der Waals surface area contributed by atoms with E-state index in [-0.39, 0.29) is 30.2 Å². The molecule has 1 atom stereocenters. The third kappa shape index (κ3) is 7.18. The molecular formula is C22H25Cl2FN2O2S. The Bertz CT molecular complexity index is 895. The van der Waals surface area contributed by atoms with Crippen LogP contribution in [0.1, 0.15) is 31.9 Å². The number of benzene rings is 2. The summed E-state index contributed by atoms with van der Waals surface area (Å²) in [6.45, 7) is 5.36. The van der Waals surface area contributed by atoms with Gasteiger partial charge in [0.2, 0.25) is 11.8 Å². The number of carbonyl (C=O) groups is 2. The van der Waals surface area contributed by atoms with Gasteiger partial charge in [0.25, 0.3) is 0 Å². The molecule has 0 spiro atoms. The first-order chi connectivity index (χ1) is 14.2. The van der Waals surface area contributed by atoms with Crippen LogP contribution in [0.4, 0.5) is 4.39 Å². The van der Waals surface area contributed by atoms with Gasteiger partial charge in [-0.1, -0.05) is 47.5 Å². The number of carbonyl (C=O) groups excluding carboxylic acids is 2. The van der Waals surface area contributed by atoms with E-state index in [0.29, 0.717) is 21.4 Å². The first kappa shape index (κ1) is 24.5. The van der Waals surface area contributed by atoms with Crippen LogP contribution >= 0.6 is 35.0 Å². The molecule has 0 radical (unpaired) electrons. The van der Waals surface area contributed by atoms with Crippen molar-refractivity contribution in [2.24, 2.45) is 0 Å². The first-order valence-electron chi connectivity index (χ1n) is 9.54. The van der Waals surface area contributed by atoms with E-state index in [1.165, 1.54) is 22.7 Å². The molecule has 0 bridgehead atoms. The van der Waals surface area contributed by atoms with Crippen molar-refractivity contribution in [2.45, 2.75) is 45.2 Å². The fraction of sp³-hybridized carbons (Fsp3) is 0.364. The lowest BCUT2D eigenvalue weighted by Gasteiger charge is -2.29. The van der Waals surface area contributed by atoms with E-state index < -0.39 is 11.9 Å². The highest BCUT2D eigenvalue weighted by molar-refractivity contribution is 7.99. The monoisotopic (exact) mass is 470 g/mol. The van der Waals surface area contributed by atoms with Gasteiger partial charge in [-0.2, -0.15) is 0 Å². The zero-order chi connectivity index (χ0) is 22.3. The smallest absolute Gasteiger partial charge is 0.242 e. The molecular weight excluding hydrogens is 446 g/mol. The number of nitrogens with one attached hydrogen (secondary N) is 1. The summed E-state index contributed by atoms with van der Waals surface area (Å²) in [6.07, 6.45) is 0. The average Bonchev–Trinajstić information content (AvgIpc) is 2.68. The van der Waals surface area contributed by atoms with Gasteiger partial charge in [-0.3, -0.25) is 9.59 Å². The van der Waals surface area contributed by atoms with Crippen molar-refractivity contribution in [3.05, 3.63) is 69.5 Å². The minimum atomic E-state index is -0.737. The van der Waals surface area contributed by atoms with Gasteiger partial charge in [0.15, 0.2) is 0 Å². The number of nitrogens with zero attached hydrogens (tertiary/aromatic N) is 1. The van der Waals surface area contributed by atoms with Gasteiger partial charge in [0.05, 0.1) is 5.75 Å². The normalized spacial score (nSPS) is 12.0. The van der Waals surface area contributed by atoms with Gasteiger partial charge >= 0.3 is 0 Å². The highest BCUT2D eigenvalue weighted by atomic mass is 35.5. The van der Waals surface area contributed by atoms with E-state index in [0.717, 1.165) is 5.56 Å². The second-order valence-corrected chi connectivity index (χ2v) is 9.01. The molecule has 2 rings (SSSR count). The summed E-state index contributed by atoms with van der Waals surface area (Å²) in [5, 5.41) is 3.89. The second kappa shape index (κ2) is 11.6. The molecule has 162 valence electrons. The molecule has 0 aliphatic rings. The lowest BCUT2D eigenvalue weighted by molar-refractivity contribution is -0.138. The van der Waals surface area contributed by atoms with Crippen LogP contribution in [0, 0.1) is 5.82 Å². The third-order valence-corrected chi connectivity index (χ3v) is 5.95. The van der Waals surface area contributed by atoms with Crippen LogP contribution in [0.25, 0.3) is 0 Å². The maximum absolute atomic E-state index is 14.2. The summed E-state index contributed by atoms with van der Waals surface area (Å²) < 4.78 is 14.2. The van der Waals surface area contributed by atoms with E-state index >= 15 is 0 Å².